The molecule has 0 spiro atoms. The second kappa shape index (κ2) is 5.65. The highest BCUT2D eigenvalue weighted by molar-refractivity contribution is 6.30. The van der Waals surface area contributed by atoms with Crippen molar-refractivity contribution in [2.75, 3.05) is 0 Å². The number of amides is 1. The number of hydrogen-bond acceptors (Lipinski definition) is 2. The molecule has 22 heavy (non-hydrogen) atoms. The van der Waals surface area contributed by atoms with E-state index in [1.807, 2.05) is 36.4 Å². The first-order valence-electron chi connectivity index (χ1n) is 7.48. The zero-order valence-corrected chi connectivity index (χ0v) is 13.4. The number of fused-ring (bicyclic) bond motifs is 1. The van der Waals surface area contributed by atoms with Gasteiger partial charge in [-0.15, -0.1) is 0 Å². The first-order valence-corrected chi connectivity index (χ1v) is 7.86. The third-order valence-corrected chi connectivity index (χ3v) is 4.64. The van der Waals surface area contributed by atoms with Gasteiger partial charge in [-0.2, -0.15) is 0 Å². The van der Waals surface area contributed by atoms with Crippen molar-refractivity contribution < 1.29 is 9.53 Å². The Morgan fingerprint density at radius 2 is 1.82 bits per heavy atom. The minimum Gasteiger partial charge on any atom is -0.410 e. The summed E-state index contributed by atoms with van der Waals surface area (Å²) in [7, 11) is 0. The zero-order chi connectivity index (χ0) is 15.7. The van der Waals surface area contributed by atoms with E-state index < -0.39 is 0 Å². The van der Waals surface area contributed by atoms with Gasteiger partial charge in [0.15, 0.2) is 0 Å². The molecule has 0 fully saturated rings. The molecule has 2 aromatic carbocycles. The molecule has 2 aromatic rings. The van der Waals surface area contributed by atoms with Crippen molar-refractivity contribution in [2.24, 2.45) is 0 Å². The summed E-state index contributed by atoms with van der Waals surface area (Å²) in [4.78, 5) is 11.8. The number of rotatable bonds is 3. The number of hydrogen-bond donors (Lipinski definition) is 1. The molecule has 0 saturated carbocycles. The third-order valence-electron chi connectivity index (χ3n) is 4.40. The molecular formula is C18H18ClNO2. The summed E-state index contributed by atoms with van der Waals surface area (Å²) in [5.74, 6) is 0.637. The Hall–Kier alpha value is -2.00. The standard InChI is InChI=1S/C18H18ClNO2/c1-3-18(4-2)15-11-13(12-6-5-7-14(19)10-12)8-9-16(15)22-17(21)20-18/h5-11H,3-4H2,1-2H3,(H,20,21). The summed E-state index contributed by atoms with van der Waals surface area (Å²) in [6, 6.07) is 13.7. The van der Waals surface area contributed by atoms with Gasteiger partial charge < -0.3 is 10.1 Å². The lowest BCUT2D eigenvalue weighted by Crippen LogP contribution is -2.49. The largest absolute Gasteiger partial charge is 0.413 e. The SMILES string of the molecule is CCC1(CC)NC(=O)Oc2ccc(-c3cccc(Cl)c3)cc21. The molecule has 1 aliphatic heterocycles. The fourth-order valence-electron chi connectivity index (χ4n) is 3.04. The van der Waals surface area contributed by atoms with Gasteiger partial charge in [-0.05, 0) is 48.2 Å². The van der Waals surface area contributed by atoms with Crippen LogP contribution < -0.4 is 10.1 Å². The average molecular weight is 316 g/mol. The Bertz CT molecular complexity index is 723. The number of nitrogens with one attached hydrogen (secondary N) is 1. The van der Waals surface area contributed by atoms with Crippen molar-refractivity contribution in [3.8, 4) is 16.9 Å². The number of ether oxygens (including phenoxy) is 1. The van der Waals surface area contributed by atoms with Crippen LogP contribution in [0.4, 0.5) is 4.79 Å². The van der Waals surface area contributed by atoms with Crippen LogP contribution in [0.5, 0.6) is 5.75 Å². The smallest absolute Gasteiger partial charge is 0.410 e. The first kappa shape index (κ1) is 14.9. The Kier molecular flexibility index (Phi) is 3.83. The molecule has 114 valence electrons. The van der Waals surface area contributed by atoms with E-state index in [9.17, 15) is 4.79 Å². The van der Waals surface area contributed by atoms with Crippen LogP contribution >= 0.6 is 11.6 Å². The van der Waals surface area contributed by atoms with Gasteiger partial charge in [-0.1, -0.05) is 43.6 Å². The van der Waals surface area contributed by atoms with E-state index >= 15 is 0 Å². The highest BCUT2D eigenvalue weighted by Gasteiger charge is 2.38. The zero-order valence-electron chi connectivity index (χ0n) is 12.7. The molecule has 3 rings (SSSR count). The number of carbonyl (C=O) groups is 1. The quantitative estimate of drug-likeness (QED) is 0.853. The van der Waals surface area contributed by atoms with Crippen molar-refractivity contribution in [1.29, 1.82) is 0 Å². The first-order chi connectivity index (χ1) is 10.6. The van der Waals surface area contributed by atoms with Gasteiger partial charge >= 0.3 is 6.09 Å². The molecule has 0 unspecified atom stereocenters. The Morgan fingerprint density at radius 1 is 1.09 bits per heavy atom. The molecule has 3 nitrogen and oxygen atoms in total. The number of benzene rings is 2. The normalized spacial score (nSPS) is 15.7. The second-order valence-electron chi connectivity index (χ2n) is 5.53. The summed E-state index contributed by atoms with van der Waals surface area (Å²) in [5, 5.41) is 3.69. The van der Waals surface area contributed by atoms with Crippen LogP contribution in [0, 0.1) is 0 Å². The molecule has 0 atom stereocenters. The van der Waals surface area contributed by atoms with E-state index in [0.29, 0.717) is 10.8 Å². The van der Waals surface area contributed by atoms with E-state index in [1.54, 1.807) is 0 Å². The van der Waals surface area contributed by atoms with Crippen LogP contribution in [0.2, 0.25) is 5.02 Å². The van der Waals surface area contributed by atoms with E-state index in [2.05, 4.69) is 25.2 Å². The Labute approximate surface area is 135 Å². The minimum absolute atomic E-state index is 0.376. The number of carbonyl (C=O) groups excluding carboxylic acids is 1. The third kappa shape index (κ3) is 2.46. The van der Waals surface area contributed by atoms with Gasteiger partial charge in [0.2, 0.25) is 0 Å². The Morgan fingerprint density at radius 3 is 2.50 bits per heavy atom. The Balaban J connectivity index is 2.14. The molecule has 0 bridgehead atoms. The van der Waals surface area contributed by atoms with E-state index in [0.717, 1.165) is 29.5 Å². The van der Waals surface area contributed by atoms with Crippen LogP contribution in [0.3, 0.4) is 0 Å². The number of halogens is 1. The predicted octanol–water partition coefficient (Wildman–Crippen LogP) is 5.12. The molecule has 1 N–H and O–H groups in total. The topological polar surface area (TPSA) is 38.3 Å². The predicted molar refractivity (Wildman–Crippen MR) is 88.3 cm³/mol. The lowest BCUT2D eigenvalue weighted by Gasteiger charge is -2.38. The van der Waals surface area contributed by atoms with Crippen LogP contribution in [0.1, 0.15) is 32.3 Å². The molecular weight excluding hydrogens is 298 g/mol. The van der Waals surface area contributed by atoms with E-state index in [1.165, 1.54) is 0 Å². The summed E-state index contributed by atoms with van der Waals surface area (Å²) >= 11 is 6.09. The van der Waals surface area contributed by atoms with Gasteiger partial charge in [0.25, 0.3) is 0 Å². The van der Waals surface area contributed by atoms with Crippen LogP contribution in [-0.4, -0.2) is 6.09 Å². The fraction of sp³-hybridized carbons (Fsp3) is 0.278. The molecule has 4 heteroatoms. The molecule has 0 aromatic heterocycles. The van der Waals surface area contributed by atoms with Gasteiger partial charge in [-0.25, -0.2) is 4.79 Å². The summed E-state index contributed by atoms with van der Waals surface area (Å²) < 4.78 is 5.33. The summed E-state index contributed by atoms with van der Waals surface area (Å²) in [6.45, 7) is 4.15. The molecule has 0 saturated heterocycles. The lowest BCUT2D eigenvalue weighted by molar-refractivity contribution is 0.165. The highest BCUT2D eigenvalue weighted by Crippen LogP contribution is 2.40. The summed E-state index contributed by atoms with van der Waals surface area (Å²) in [6.07, 6.45) is 1.24. The molecule has 1 amide bonds. The van der Waals surface area contributed by atoms with E-state index in [4.69, 9.17) is 16.3 Å². The van der Waals surface area contributed by atoms with Crippen molar-refractivity contribution >= 4 is 17.7 Å². The maximum atomic E-state index is 11.8. The second-order valence-corrected chi connectivity index (χ2v) is 5.96. The van der Waals surface area contributed by atoms with Crippen molar-refractivity contribution in [2.45, 2.75) is 32.2 Å². The van der Waals surface area contributed by atoms with Gasteiger partial charge in [-0.3, -0.25) is 0 Å². The van der Waals surface area contributed by atoms with Crippen molar-refractivity contribution in [3.63, 3.8) is 0 Å². The summed E-state index contributed by atoms with van der Waals surface area (Å²) in [5.41, 5.74) is 2.76. The van der Waals surface area contributed by atoms with Crippen LogP contribution in [0.25, 0.3) is 11.1 Å². The van der Waals surface area contributed by atoms with Crippen LogP contribution in [0.15, 0.2) is 42.5 Å². The van der Waals surface area contributed by atoms with Crippen LogP contribution in [-0.2, 0) is 5.54 Å². The maximum Gasteiger partial charge on any atom is 0.413 e. The molecule has 0 aliphatic carbocycles. The fourth-order valence-corrected chi connectivity index (χ4v) is 3.23. The molecule has 1 aliphatic rings. The van der Waals surface area contributed by atoms with Crippen molar-refractivity contribution in [1.82, 2.24) is 5.32 Å². The van der Waals surface area contributed by atoms with E-state index in [-0.39, 0.29) is 11.6 Å². The monoisotopic (exact) mass is 315 g/mol. The minimum atomic E-state index is -0.383. The average Bonchev–Trinajstić information content (AvgIpc) is 2.53. The molecule has 0 radical (unpaired) electrons. The lowest BCUT2D eigenvalue weighted by atomic mass is 9.82. The van der Waals surface area contributed by atoms with Gasteiger partial charge in [0.05, 0.1) is 5.54 Å². The van der Waals surface area contributed by atoms with Gasteiger partial charge in [0.1, 0.15) is 5.75 Å². The molecule has 1 heterocycles. The highest BCUT2D eigenvalue weighted by atomic mass is 35.5. The maximum absolute atomic E-state index is 11.8. The van der Waals surface area contributed by atoms with Gasteiger partial charge in [0, 0.05) is 10.6 Å². The van der Waals surface area contributed by atoms with Crippen molar-refractivity contribution in [3.05, 3.63) is 53.1 Å².